The molecule has 0 fully saturated rings. The summed E-state index contributed by atoms with van der Waals surface area (Å²) in [5.74, 6) is -3.33. The van der Waals surface area contributed by atoms with Crippen molar-refractivity contribution in [2.24, 2.45) is 0 Å². The number of rotatable bonds is 2. The van der Waals surface area contributed by atoms with Crippen LogP contribution in [0.25, 0.3) is 11.3 Å². The summed E-state index contributed by atoms with van der Waals surface area (Å²) in [5.41, 5.74) is 4.68. The van der Waals surface area contributed by atoms with Crippen LogP contribution in [-0.2, 0) is 0 Å². The molecule has 21 heavy (non-hydrogen) atoms. The van der Waals surface area contributed by atoms with E-state index >= 15 is 0 Å². The number of anilines is 1. The van der Waals surface area contributed by atoms with Crippen LogP contribution in [-0.4, -0.2) is 17.5 Å². The molecule has 1 heterocycles. The van der Waals surface area contributed by atoms with Gasteiger partial charge in [-0.15, -0.1) is 0 Å². The van der Waals surface area contributed by atoms with E-state index in [2.05, 4.69) is 5.16 Å². The van der Waals surface area contributed by atoms with Crippen molar-refractivity contribution in [1.82, 2.24) is 5.16 Å². The van der Waals surface area contributed by atoms with Gasteiger partial charge in [0, 0.05) is 11.6 Å². The van der Waals surface area contributed by atoms with Crippen molar-refractivity contribution in [1.29, 1.82) is 0 Å². The zero-order valence-electron chi connectivity index (χ0n) is 10.2. The molecular weight excluding hydrogens is 302 g/mol. The first-order chi connectivity index (χ1) is 9.59. The van der Waals surface area contributed by atoms with Crippen LogP contribution in [0.5, 0.6) is 0 Å². The Hall–Kier alpha value is -2.19. The van der Waals surface area contributed by atoms with Gasteiger partial charge in [-0.25, -0.2) is 0 Å². The summed E-state index contributed by atoms with van der Waals surface area (Å²) in [6.45, 7) is 0. The molecule has 2 aromatic rings. The Morgan fingerprint density at radius 2 is 1.48 bits per heavy atom. The molecule has 0 amide bonds. The van der Waals surface area contributed by atoms with Crippen molar-refractivity contribution >= 4 is 5.82 Å². The highest BCUT2D eigenvalue weighted by molar-refractivity contribution is 5.60. The van der Waals surface area contributed by atoms with Gasteiger partial charge >= 0.3 is 12.4 Å². The normalized spacial score (nSPS) is 12.9. The lowest BCUT2D eigenvalue weighted by Crippen LogP contribution is -2.34. The Bertz CT molecular complexity index is 600. The van der Waals surface area contributed by atoms with E-state index in [1.807, 2.05) is 0 Å². The lowest BCUT2D eigenvalue weighted by Gasteiger charge is -2.23. The monoisotopic (exact) mass is 310 g/mol. The molecule has 0 unspecified atom stereocenters. The fourth-order valence-electron chi connectivity index (χ4n) is 1.83. The Balaban J connectivity index is 2.37. The maximum absolute atomic E-state index is 12.6. The molecule has 114 valence electrons. The first-order valence-electron chi connectivity index (χ1n) is 5.55. The van der Waals surface area contributed by atoms with E-state index in [4.69, 9.17) is 10.3 Å². The number of benzene rings is 1. The van der Waals surface area contributed by atoms with E-state index in [0.717, 1.165) is 24.3 Å². The SMILES string of the molecule is Nc1cc(-c2ccc(C(C(F)(F)F)C(F)(F)F)cc2)on1. The largest absolute Gasteiger partial charge is 0.404 e. The van der Waals surface area contributed by atoms with Crippen LogP contribution in [0.2, 0.25) is 0 Å². The molecule has 0 bridgehead atoms. The van der Waals surface area contributed by atoms with Crippen molar-refractivity contribution in [3.63, 3.8) is 0 Å². The fourth-order valence-corrected chi connectivity index (χ4v) is 1.83. The third-order valence-electron chi connectivity index (χ3n) is 2.71. The number of hydrogen-bond acceptors (Lipinski definition) is 3. The standard InChI is InChI=1S/C12H8F6N2O/c13-11(14,15)10(12(16,17)18)7-3-1-6(2-4-7)8-5-9(19)20-21-8/h1-5,10H,(H2,19,20). The molecule has 1 aromatic heterocycles. The highest BCUT2D eigenvalue weighted by Crippen LogP contribution is 2.46. The summed E-state index contributed by atoms with van der Waals surface area (Å²) < 4.78 is 80.1. The molecule has 0 atom stereocenters. The Morgan fingerprint density at radius 1 is 0.952 bits per heavy atom. The van der Waals surface area contributed by atoms with Gasteiger partial charge in [0.2, 0.25) is 0 Å². The van der Waals surface area contributed by atoms with Crippen LogP contribution in [0.15, 0.2) is 34.9 Å². The van der Waals surface area contributed by atoms with Gasteiger partial charge in [-0.1, -0.05) is 29.4 Å². The lowest BCUT2D eigenvalue weighted by molar-refractivity contribution is -0.253. The third kappa shape index (κ3) is 3.29. The summed E-state index contributed by atoms with van der Waals surface area (Å²) >= 11 is 0. The van der Waals surface area contributed by atoms with Crippen LogP contribution in [0.1, 0.15) is 11.5 Å². The average Bonchev–Trinajstić information content (AvgIpc) is 2.73. The smallest absolute Gasteiger partial charge is 0.381 e. The Labute approximate surface area is 114 Å². The first-order valence-corrected chi connectivity index (χ1v) is 5.55. The van der Waals surface area contributed by atoms with Crippen molar-refractivity contribution in [2.75, 3.05) is 5.73 Å². The van der Waals surface area contributed by atoms with Gasteiger partial charge in [-0.3, -0.25) is 0 Å². The number of hydrogen-bond donors (Lipinski definition) is 1. The number of nitrogen functional groups attached to an aromatic ring is 1. The molecule has 0 spiro atoms. The first kappa shape index (κ1) is 15.2. The minimum absolute atomic E-state index is 0.0533. The van der Waals surface area contributed by atoms with E-state index < -0.39 is 23.8 Å². The summed E-state index contributed by atoms with van der Waals surface area (Å²) in [6.07, 6.45) is -10.8. The summed E-state index contributed by atoms with van der Waals surface area (Å²) in [6, 6.07) is 4.97. The molecule has 3 nitrogen and oxygen atoms in total. The van der Waals surface area contributed by atoms with Gasteiger partial charge in [0.05, 0.1) is 0 Å². The highest BCUT2D eigenvalue weighted by Gasteiger charge is 2.57. The van der Waals surface area contributed by atoms with Crippen LogP contribution in [0.4, 0.5) is 32.2 Å². The average molecular weight is 310 g/mol. The van der Waals surface area contributed by atoms with E-state index in [1.54, 1.807) is 0 Å². The molecule has 0 aliphatic carbocycles. The van der Waals surface area contributed by atoms with Gasteiger partial charge in [-0.05, 0) is 5.56 Å². The molecule has 0 aliphatic heterocycles. The van der Waals surface area contributed by atoms with Gasteiger partial charge in [-0.2, -0.15) is 26.3 Å². The number of nitrogens with zero attached hydrogens (tertiary/aromatic N) is 1. The molecule has 0 saturated carbocycles. The number of alkyl halides is 6. The molecule has 2 N–H and O–H groups in total. The van der Waals surface area contributed by atoms with Crippen LogP contribution >= 0.6 is 0 Å². The van der Waals surface area contributed by atoms with Crippen LogP contribution in [0, 0.1) is 0 Å². The topological polar surface area (TPSA) is 52.0 Å². The lowest BCUT2D eigenvalue weighted by atomic mass is 9.96. The molecule has 9 heteroatoms. The van der Waals surface area contributed by atoms with Gasteiger partial charge in [0.15, 0.2) is 17.5 Å². The molecule has 1 aromatic carbocycles. The predicted octanol–water partition coefficient (Wildman–Crippen LogP) is 4.13. The maximum atomic E-state index is 12.6. The second kappa shape index (κ2) is 4.97. The van der Waals surface area contributed by atoms with Crippen LogP contribution < -0.4 is 5.73 Å². The quantitative estimate of drug-likeness (QED) is 0.848. The molecular formula is C12H8F6N2O. The Kier molecular flexibility index (Phi) is 3.60. The molecule has 0 aliphatic rings. The Morgan fingerprint density at radius 3 is 1.86 bits per heavy atom. The second-order valence-electron chi connectivity index (χ2n) is 4.25. The van der Waals surface area contributed by atoms with Crippen molar-refractivity contribution in [3.05, 3.63) is 35.9 Å². The van der Waals surface area contributed by atoms with Crippen molar-refractivity contribution in [2.45, 2.75) is 18.3 Å². The third-order valence-corrected chi connectivity index (χ3v) is 2.71. The molecule has 2 rings (SSSR count). The van der Waals surface area contributed by atoms with Gasteiger partial charge in [0.25, 0.3) is 0 Å². The van der Waals surface area contributed by atoms with Gasteiger partial charge in [0.1, 0.15) is 0 Å². The zero-order chi connectivity index (χ0) is 15.8. The number of halogens is 6. The molecule has 0 saturated heterocycles. The number of aromatic nitrogens is 1. The van der Waals surface area contributed by atoms with E-state index in [0.29, 0.717) is 0 Å². The molecule has 0 radical (unpaired) electrons. The fraction of sp³-hybridized carbons (Fsp3) is 0.250. The number of nitrogens with two attached hydrogens (primary N) is 1. The highest BCUT2D eigenvalue weighted by atomic mass is 19.4. The van der Waals surface area contributed by atoms with E-state index in [-0.39, 0.29) is 17.1 Å². The second-order valence-corrected chi connectivity index (χ2v) is 4.25. The van der Waals surface area contributed by atoms with Crippen LogP contribution in [0.3, 0.4) is 0 Å². The predicted molar refractivity (Wildman–Crippen MR) is 61.2 cm³/mol. The summed E-state index contributed by atoms with van der Waals surface area (Å²) in [4.78, 5) is 0. The maximum Gasteiger partial charge on any atom is 0.404 e. The summed E-state index contributed by atoms with van der Waals surface area (Å²) in [5, 5.41) is 3.37. The van der Waals surface area contributed by atoms with E-state index in [9.17, 15) is 26.3 Å². The van der Waals surface area contributed by atoms with Crippen molar-refractivity contribution < 1.29 is 30.9 Å². The van der Waals surface area contributed by atoms with E-state index in [1.165, 1.54) is 6.07 Å². The minimum atomic E-state index is -5.42. The van der Waals surface area contributed by atoms with Gasteiger partial charge < -0.3 is 10.3 Å². The minimum Gasteiger partial charge on any atom is -0.381 e. The zero-order valence-corrected chi connectivity index (χ0v) is 10.2. The summed E-state index contributed by atoms with van der Waals surface area (Å²) in [7, 11) is 0. The van der Waals surface area contributed by atoms with Crippen molar-refractivity contribution in [3.8, 4) is 11.3 Å².